The van der Waals surface area contributed by atoms with Crippen LogP contribution in [0.5, 0.6) is 23.0 Å². The highest BCUT2D eigenvalue weighted by atomic mass is 28.4. The predicted octanol–water partition coefficient (Wildman–Crippen LogP) is 7.33. The smallest absolute Gasteiger partial charge is 0.280 e. The van der Waals surface area contributed by atoms with Crippen LogP contribution in [0.4, 0.5) is 0 Å². The molecule has 0 spiro atoms. The number of para-hydroxylation sites is 4. The Hall–Kier alpha value is -3.53. The van der Waals surface area contributed by atoms with E-state index in [0.29, 0.717) is 26.4 Å². The van der Waals surface area contributed by atoms with Gasteiger partial charge in [0.15, 0.2) is 0 Å². The average molecular weight is 669 g/mol. The molecule has 47 heavy (non-hydrogen) atoms. The minimum absolute atomic E-state index is 0.664. The van der Waals surface area contributed by atoms with Gasteiger partial charge in [0.05, 0.1) is 26.4 Å². The number of hydrogen-bond acceptors (Lipinski definition) is 5. The molecule has 250 valence electrons. The summed E-state index contributed by atoms with van der Waals surface area (Å²) in [5.41, 5.74) is 0. The van der Waals surface area contributed by atoms with Gasteiger partial charge in [-0.3, -0.25) is 0 Å². The van der Waals surface area contributed by atoms with E-state index < -0.39 is 18.1 Å². The Morgan fingerprint density at radius 3 is 0.830 bits per heavy atom. The van der Waals surface area contributed by atoms with E-state index in [4.69, 9.17) is 23.1 Å². The van der Waals surface area contributed by atoms with Crippen molar-refractivity contribution in [1.82, 2.24) is 0 Å². The second-order valence-electron chi connectivity index (χ2n) is 11.6. The van der Waals surface area contributed by atoms with Gasteiger partial charge in [-0.05, 0) is 49.9 Å². The van der Waals surface area contributed by atoms with Crippen LogP contribution < -0.4 is 39.7 Å². The molecule has 0 aliphatic heterocycles. The van der Waals surface area contributed by atoms with Crippen LogP contribution in [0, 0.1) is 0 Å². The molecule has 7 heteroatoms. The van der Waals surface area contributed by atoms with Crippen LogP contribution in [0.15, 0.2) is 97.1 Å². The summed E-state index contributed by atoms with van der Waals surface area (Å²) in [5, 5.41) is 4.32. The van der Waals surface area contributed by atoms with Crippen molar-refractivity contribution in [2.45, 2.75) is 79.1 Å². The summed E-state index contributed by atoms with van der Waals surface area (Å²) in [4.78, 5) is 0. The summed E-state index contributed by atoms with van der Waals surface area (Å²) in [6.07, 6.45) is 8.26. The number of rotatable bonds is 22. The molecular formula is C40H52O5Si2. The van der Waals surface area contributed by atoms with Crippen LogP contribution in [0.25, 0.3) is 0 Å². The third-order valence-electron chi connectivity index (χ3n) is 7.75. The molecule has 0 saturated heterocycles. The fraction of sp³-hybridized carbons (Fsp3) is 0.400. The number of benzene rings is 4. The molecule has 0 aromatic heterocycles. The summed E-state index contributed by atoms with van der Waals surface area (Å²) in [6, 6.07) is 33.6. The van der Waals surface area contributed by atoms with Gasteiger partial charge in [0.25, 0.3) is 18.1 Å². The van der Waals surface area contributed by atoms with Gasteiger partial charge >= 0.3 is 0 Å². The summed E-state index contributed by atoms with van der Waals surface area (Å²) in [7, 11) is -3.85. The molecular weight excluding hydrogens is 617 g/mol. The molecule has 0 heterocycles. The minimum Gasteiger partial charge on any atom is -0.494 e. The Bertz CT molecular complexity index is 1250. The van der Waals surface area contributed by atoms with E-state index >= 15 is 0 Å². The first-order valence-corrected chi connectivity index (χ1v) is 20.3. The van der Waals surface area contributed by atoms with Gasteiger partial charge in [-0.15, -0.1) is 0 Å². The fourth-order valence-corrected chi connectivity index (χ4v) is 10.7. The van der Waals surface area contributed by atoms with Crippen LogP contribution in [0.1, 0.15) is 79.1 Å². The lowest BCUT2D eigenvalue weighted by Crippen LogP contribution is -2.57. The SMILES string of the molecule is CCCCOc1ccccc1[Si](O[Si](c1ccccc1OCCCC)c1ccccc1OCCCC)c1ccccc1OCCCC. The van der Waals surface area contributed by atoms with Gasteiger partial charge in [0.2, 0.25) is 0 Å². The van der Waals surface area contributed by atoms with Crippen molar-refractivity contribution in [2.24, 2.45) is 0 Å². The number of hydrogen-bond donors (Lipinski definition) is 0. The Morgan fingerprint density at radius 2 is 0.596 bits per heavy atom. The Balaban J connectivity index is 1.89. The van der Waals surface area contributed by atoms with Gasteiger partial charge in [-0.2, -0.15) is 0 Å². The highest BCUT2D eigenvalue weighted by Crippen LogP contribution is 2.19. The maximum Gasteiger partial charge on any atom is 0.280 e. The number of unbranched alkanes of at least 4 members (excludes halogenated alkanes) is 4. The zero-order chi connectivity index (χ0) is 33.1. The van der Waals surface area contributed by atoms with Gasteiger partial charge in [0, 0.05) is 20.7 Å². The van der Waals surface area contributed by atoms with Gasteiger partial charge in [-0.25, -0.2) is 0 Å². The van der Waals surface area contributed by atoms with E-state index in [2.05, 4.69) is 100 Å². The maximum absolute atomic E-state index is 7.67. The first kappa shape index (κ1) is 36.3. The van der Waals surface area contributed by atoms with E-state index in [0.717, 1.165) is 95.1 Å². The molecule has 0 aliphatic carbocycles. The zero-order valence-corrected chi connectivity index (χ0v) is 30.8. The van der Waals surface area contributed by atoms with Crippen LogP contribution >= 0.6 is 0 Å². The molecule has 0 aliphatic rings. The number of ether oxygens (including phenoxy) is 4. The highest BCUT2D eigenvalue weighted by molar-refractivity contribution is 6.93. The molecule has 0 unspecified atom stereocenters. The summed E-state index contributed by atoms with van der Waals surface area (Å²) < 4.78 is 33.5. The normalized spacial score (nSPS) is 11.2. The van der Waals surface area contributed by atoms with Crippen LogP contribution in [-0.4, -0.2) is 44.5 Å². The van der Waals surface area contributed by atoms with Crippen molar-refractivity contribution in [3.8, 4) is 23.0 Å². The molecule has 0 N–H and O–H groups in total. The first-order valence-electron chi connectivity index (χ1n) is 17.5. The molecule has 2 radical (unpaired) electrons. The lowest BCUT2D eigenvalue weighted by molar-refractivity contribution is 0.310. The minimum atomic E-state index is -1.92. The monoisotopic (exact) mass is 668 g/mol. The molecule has 0 saturated carbocycles. The van der Waals surface area contributed by atoms with Crippen molar-refractivity contribution in [2.75, 3.05) is 26.4 Å². The highest BCUT2D eigenvalue weighted by Gasteiger charge is 2.35. The third kappa shape index (κ3) is 10.7. The lowest BCUT2D eigenvalue weighted by Gasteiger charge is -2.28. The van der Waals surface area contributed by atoms with Gasteiger partial charge in [0.1, 0.15) is 23.0 Å². The lowest BCUT2D eigenvalue weighted by atomic mass is 10.3. The molecule has 0 bridgehead atoms. The maximum atomic E-state index is 7.67. The van der Waals surface area contributed by atoms with Gasteiger partial charge < -0.3 is 23.1 Å². The molecule has 0 amide bonds. The van der Waals surface area contributed by atoms with E-state index in [9.17, 15) is 0 Å². The average Bonchev–Trinajstić information content (AvgIpc) is 3.11. The standard InChI is InChI=1S/C40H52O5Si2/c1-5-9-29-41-33-21-13-17-25-37(33)46(38-26-18-14-22-34(38)42-30-10-6-2)45-47(39-27-19-15-23-35(39)43-31-11-7-3)40-28-20-16-24-36(40)44-32-12-8-4/h13-28H,5-12,29-32H2,1-4H3. The molecule has 0 fully saturated rings. The molecule has 4 rings (SSSR count). The van der Waals surface area contributed by atoms with Crippen molar-refractivity contribution >= 4 is 38.8 Å². The quantitative estimate of drug-likeness (QED) is 0.0649. The Labute approximate surface area is 286 Å². The zero-order valence-electron chi connectivity index (χ0n) is 28.8. The summed E-state index contributed by atoms with van der Waals surface area (Å²) >= 11 is 0. The topological polar surface area (TPSA) is 46.2 Å². The molecule has 0 atom stereocenters. The molecule has 4 aromatic rings. The van der Waals surface area contributed by atoms with Crippen LogP contribution in [0.2, 0.25) is 0 Å². The molecule has 4 aromatic carbocycles. The summed E-state index contributed by atoms with van der Waals surface area (Å²) in [6.45, 7) is 11.4. The van der Waals surface area contributed by atoms with Crippen molar-refractivity contribution in [3.05, 3.63) is 97.1 Å². The molecule has 5 nitrogen and oxygen atoms in total. The van der Waals surface area contributed by atoms with E-state index in [-0.39, 0.29) is 0 Å². The predicted molar refractivity (Wildman–Crippen MR) is 199 cm³/mol. The van der Waals surface area contributed by atoms with Crippen LogP contribution in [0.3, 0.4) is 0 Å². The van der Waals surface area contributed by atoms with Crippen LogP contribution in [-0.2, 0) is 4.12 Å². The third-order valence-corrected chi connectivity index (χ3v) is 13.0. The Morgan fingerprint density at radius 1 is 0.362 bits per heavy atom. The first-order chi connectivity index (χ1) is 23.2. The Kier molecular flexibility index (Phi) is 16.0. The van der Waals surface area contributed by atoms with E-state index in [1.807, 2.05) is 24.3 Å². The largest absolute Gasteiger partial charge is 0.494 e. The second-order valence-corrected chi connectivity index (χ2v) is 15.8. The van der Waals surface area contributed by atoms with Crippen molar-refractivity contribution < 1.29 is 23.1 Å². The van der Waals surface area contributed by atoms with Crippen molar-refractivity contribution in [3.63, 3.8) is 0 Å². The van der Waals surface area contributed by atoms with Gasteiger partial charge in [-0.1, -0.05) is 126 Å². The second kappa shape index (κ2) is 20.7. The van der Waals surface area contributed by atoms with E-state index in [1.54, 1.807) is 0 Å². The fourth-order valence-electron chi connectivity index (χ4n) is 5.04. The van der Waals surface area contributed by atoms with E-state index in [1.165, 1.54) is 0 Å². The van der Waals surface area contributed by atoms with Crippen molar-refractivity contribution in [1.29, 1.82) is 0 Å². The summed E-state index contributed by atoms with van der Waals surface area (Å²) in [5.74, 6) is 3.50.